The van der Waals surface area contributed by atoms with Gasteiger partial charge in [0, 0.05) is 25.1 Å². The van der Waals surface area contributed by atoms with Crippen LogP contribution in [0.1, 0.15) is 43.6 Å². The van der Waals surface area contributed by atoms with Crippen LogP contribution in [0.2, 0.25) is 0 Å². The van der Waals surface area contributed by atoms with Gasteiger partial charge in [-0.2, -0.15) is 0 Å². The van der Waals surface area contributed by atoms with Crippen molar-refractivity contribution >= 4 is 11.9 Å². The number of piperidine rings is 1. The van der Waals surface area contributed by atoms with E-state index in [9.17, 15) is 19.1 Å². The summed E-state index contributed by atoms with van der Waals surface area (Å²) in [6.07, 6.45) is 3.60. The van der Waals surface area contributed by atoms with Crippen LogP contribution in [0.3, 0.4) is 0 Å². The molecule has 8 heteroatoms. The van der Waals surface area contributed by atoms with E-state index in [1.165, 1.54) is 12.1 Å². The zero-order valence-electron chi connectivity index (χ0n) is 19.5. The summed E-state index contributed by atoms with van der Waals surface area (Å²) in [5.41, 5.74) is 1.01. The first-order chi connectivity index (χ1) is 17.0. The molecule has 2 aromatic carbocycles. The minimum absolute atomic E-state index is 0.0320. The summed E-state index contributed by atoms with van der Waals surface area (Å²) in [5, 5.41) is 9.66. The van der Waals surface area contributed by atoms with E-state index in [2.05, 4.69) is 0 Å². The summed E-state index contributed by atoms with van der Waals surface area (Å²) in [6.45, 7) is 1.56. The van der Waals surface area contributed by atoms with Crippen LogP contribution >= 0.6 is 0 Å². The topological polar surface area (TPSA) is 85.3 Å². The van der Waals surface area contributed by atoms with Crippen molar-refractivity contribution in [2.45, 2.75) is 38.0 Å². The molecule has 4 unspecified atom stereocenters. The minimum atomic E-state index is -0.882. The lowest BCUT2D eigenvalue weighted by atomic mass is 9.76. The van der Waals surface area contributed by atoms with Crippen molar-refractivity contribution < 1.29 is 33.3 Å². The van der Waals surface area contributed by atoms with Gasteiger partial charge >= 0.3 is 5.97 Å². The van der Waals surface area contributed by atoms with E-state index in [1.54, 1.807) is 24.3 Å². The Balaban J connectivity index is 1.33. The van der Waals surface area contributed by atoms with Crippen LogP contribution in [-0.2, 0) is 9.59 Å². The Hall–Kier alpha value is -3.29. The number of nitrogens with zero attached hydrogens (tertiary/aromatic N) is 1. The highest BCUT2D eigenvalue weighted by Crippen LogP contribution is 2.39. The number of carboxylic acid groups (broad SMARTS) is 1. The van der Waals surface area contributed by atoms with Gasteiger partial charge in [-0.1, -0.05) is 25.0 Å². The molecular weight excluding hydrogens is 453 g/mol. The van der Waals surface area contributed by atoms with Crippen molar-refractivity contribution in [1.29, 1.82) is 0 Å². The number of carbonyl (C=O) groups excluding carboxylic acids is 1. The van der Waals surface area contributed by atoms with Gasteiger partial charge in [-0.3, -0.25) is 9.59 Å². The predicted molar refractivity (Wildman–Crippen MR) is 125 cm³/mol. The molecule has 1 aliphatic carbocycles. The van der Waals surface area contributed by atoms with Crippen LogP contribution in [0.15, 0.2) is 42.5 Å². The van der Waals surface area contributed by atoms with E-state index in [0.717, 1.165) is 18.4 Å². The Morgan fingerprint density at radius 3 is 2.51 bits per heavy atom. The Bertz CT molecular complexity index is 1070. The molecule has 1 amide bonds. The molecule has 2 aliphatic heterocycles. The number of likely N-dealkylation sites (tertiary alicyclic amines) is 1. The van der Waals surface area contributed by atoms with E-state index in [-0.39, 0.29) is 30.4 Å². The summed E-state index contributed by atoms with van der Waals surface area (Å²) >= 11 is 0. The number of ether oxygens (including phenoxy) is 3. The standard InChI is InChI=1S/C27H30FNO6/c28-19-7-5-17(6-8-19)21-11-12-29(26(30)22-3-1-2-4-23(22)27(31)32)14-18(21)15-33-20-9-10-24-25(13-20)35-16-34-24/h5-10,13,18,21-23H,1-4,11-12,14-16H2,(H,31,32). The summed E-state index contributed by atoms with van der Waals surface area (Å²) < 4.78 is 30.5. The Kier molecular flexibility index (Phi) is 6.79. The molecule has 3 aliphatic rings. The van der Waals surface area contributed by atoms with Crippen LogP contribution in [0.25, 0.3) is 0 Å². The van der Waals surface area contributed by atoms with Crippen molar-refractivity contribution in [1.82, 2.24) is 4.90 Å². The van der Waals surface area contributed by atoms with Gasteiger partial charge in [0.25, 0.3) is 0 Å². The van der Waals surface area contributed by atoms with E-state index in [0.29, 0.717) is 56.2 Å². The number of carbonyl (C=O) groups is 2. The molecule has 1 saturated carbocycles. The average molecular weight is 484 g/mol. The number of aliphatic carboxylic acids is 1. The lowest BCUT2D eigenvalue weighted by Crippen LogP contribution is -2.49. The highest BCUT2D eigenvalue weighted by molar-refractivity contribution is 5.85. The third-order valence-electron chi connectivity index (χ3n) is 7.55. The summed E-state index contributed by atoms with van der Waals surface area (Å²) in [4.78, 5) is 27.0. The normalized spacial score (nSPS) is 25.8. The van der Waals surface area contributed by atoms with Gasteiger partial charge in [0.2, 0.25) is 12.7 Å². The number of benzene rings is 2. The van der Waals surface area contributed by atoms with Crippen molar-refractivity contribution in [3.63, 3.8) is 0 Å². The van der Waals surface area contributed by atoms with Crippen LogP contribution in [0.4, 0.5) is 4.39 Å². The second-order valence-electron chi connectivity index (χ2n) is 9.65. The smallest absolute Gasteiger partial charge is 0.307 e. The second kappa shape index (κ2) is 10.1. The van der Waals surface area contributed by atoms with Gasteiger partial charge in [0.05, 0.1) is 18.4 Å². The molecule has 0 bridgehead atoms. The number of hydrogen-bond acceptors (Lipinski definition) is 5. The molecule has 5 rings (SSSR count). The zero-order valence-corrected chi connectivity index (χ0v) is 19.5. The molecule has 35 heavy (non-hydrogen) atoms. The van der Waals surface area contributed by atoms with Crippen LogP contribution in [-0.4, -0.2) is 48.4 Å². The molecule has 4 atom stereocenters. The number of rotatable bonds is 6. The highest BCUT2D eigenvalue weighted by Gasteiger charge is 2.41. The largest absolute Gasteiger partial charge is 0.493 e. The van der Waals surface area contributed by atoms with E-state index < -0.39 is 17.8 Å². The summed E-state index contributed by atoms with van der Waals surface area (Å²) in [6, 6.07) is 11.9. The van der Waals surface area contributed by atoms with Crippen LogP contribution in [0, 0.1) is 23.6 Å². The molecule has 186 valence electrons. The summed E-state index contributed by atoms with van der Waals surface area (Å²) in [7, 11) is 0. The fourth-order valence-electron chi connectivity index (χ4n) is 5.68. The van der Waals surface area contributed by atoms with Crippen molar-refractivity contribution in [3.05, 3.63) is 53.8 Å². The number of halogens is 1. The zero-order chi connectivity index (χ0) is 24.4. The maximum Gasteiger partial charge on any atom is 0.307 e. The van der Waals surface area contributed by atoms with Gasteiger partial charge in [0.15, 0.2) is 11.5 Å². The van der Waals surface area contributed by atoms with Gasteiger partial charge in [0.1, 0.15) is 11.6 Å². The van der Waals surface area contributed by atoms with Gasteiger partial charge in [-0.15, -0.1) is 0 Å². The van der Waals surface area contributed by atoms with Crippen LogP contribution in [0.5, 0.6) is 17.2 Å². The maximum atomic E-state index is 13.6. The lowest BCUT2D eigenvalue weighted by Gasteiger charge is -2.41. The number of hydrogen-bond donors (Lipinski definition) is 1. The number of amides is 1. The molecule has 1 N–H and O–H groups in total. The predicted octanol–water partition coefficient (Wildman–Crippen LogP) is 4.46. The summed E-state index contributed by atoms with van der Waals surface area (Å²) in [5.74, 6) is -0.305. The molecule has 0 radical (unpaired) electrons. The molecule has 2 aromatic rings. The molecular formula is C27H30FNO6. The third kappa shape index (κ3) is 5.06. The van der Waals surface area contributed by atoms with Crippen molar-refractivity contribution in [2.24, 2.45) is 17.8 Å². The monoisotopic (exact) mass is 483 g/mol. The second-order valence-corrected chi connectivity index (χ2v) is 9.65. The Morgan fingerprint density at radius 1 is 1.00 bits per heavy atom. The van der Waals surface area contributed by atoms with Gasteiger partial charge in [-0.05, 0) is 55.0 Å². The van der Waals surface area contributed by atoms with E-state index >= 15 is 0 Å². The van der Waals surface area contributed by atoms with Gasteiger partial charge in [-0.25, -0.2) is 4.39 Å². The Labute approximate surface area is 203 Å². The minimum Gasteiger partial charge on any atom is -0.493 e. The number of fused-ring (bicyclic) bond motifs is 1. The first kappa shape index (κ1) is 23.5. The fourth-order valence-corrected chi connectivity index (χ4v) is 5.68. The lowest BCUT2D eigenvalue weighted by molar-refractivity contribution is -0.153. The quantitative estimate of drug-likeness (QED) is 0.653. The molecule has 7 nitrogen and oxygen atoms in total. The first-order valence-corrected chi connectivity index (χ1v) is 12.3. The SMILES string of the molecule is O=C(O)C1CCCCC1C(=O)N1CCC(c2ccc(F)cc2)C(COc2ccc3c(c2)OCO3)C1. The molecule has 0 spiro atoms. The Morgan fingerprint density at radius 2 is 1.74 bits per heavy atom. The van der Waals surface area contributed by atoms with E-state index in [1.807, 2.05) is 11.0 Å². The fraction of sp³-hybridized carbons (Fsp3) is 0.481. The number of carboxylic acids is 1. The van der Waals surface area contributed by atoms with Crippen molar-refractivity contribution in [3.8, 4) is 17.2 Å². The van der Waals surface area contributed by atoms with Crippen LogP contribution < -0.4 is 14.2 Å². The molecule has 2 heterocycles. The third-order valence-corrected chi connectivity index (χ3v) is 7.55. The molecule has 0 aromatic heterocycles. The highest BCUT2D eigenvalue weighted by atomic mass is 19.1. The average Bonchev–Trinajstić information content (AvgIpc) is 3.35. The molecule has 2 fully saturated rings. The first-order valence-electron chi connectivity index (χ1n) is 12.3. The molecule has 1 saturated heterocycles. The van der Waals surface area contributed by atoms with Gasteiger partial charge < -0.3 is 24.2 Å². The maximum absolute atomic E-state index is 13.6. The van der Waals surface area contributed by atoms with E-state index in [4.69, 9.17) is 14.2 Å². The van der Waals surface area contributed by atoms with Crippen molar-refractivity contribution in [2.75, 3.05) is 26.5 Å².